The Kier molecular flexibility index (Phi) is 3.56. The molecule has 0 saturated carbocycles. The smallest absolute Gasteiger partial charge is 0.224 e. The molecule has 15 heavy (non-hydrogen) atoms. The monoisotopic (exact) mass is 214 g/mol. The molecule has 0 bridgehead atoms. The van der Waals surface area contributed by atoms with E-state index < -0.39 is 0 Å². The quantitative estimate of drug-likeness (QED) is 0.616. The van der Waals surface area contributed by atoms with Crippen molar-refractivity contribution in [3.63, 3.8) is 0 Å². The maximum Gasteiger partial charge on any atom is 0.224 e. The van der Waals surface area contributed by atoms with Gasteiger partial charge in [-0.1, -0.05) is 0 Å². The van der Waals surface area contributed by atoms with Crippen molar-refractivity contribution >= 4 is 5.91 Å². The number of carbonyl (C=O) groups excluding carboxylic acids is 1. The zero-order valence-corrected chi connectivity index (χ0v) is 8.82. The lowest BCUT2D eigenvalue weighted by Gasteiger charge is -2.25. The molecule has 2 rings (SSSR count). The first-order valence-corrected chi connectivity index (χ1v) is 5.52. The number of rotatable bonds is 2. The third-order valence-electron chi connectivity index (χ3n) is 2.94. The summed E-state index contributed by atoms with van der Waals surface area (Å²) in [5, 5.41) is 12.6. The Hall–Kier alpha value is -0.650. The Morgan fingerprint density at radius 3 is 3.07 bits per heavy atom. The fraction of sp³-hybridized carbons (Fsp3) is 0.900. The first-order valence-electron chi connectivity index (χ1n) is 5.52. The highest BCUT2D eigenvalue weighted by Gasteiger charge is 2.26. The van der Waals surface area contributed by atoms with E-state index in [0.717, 1.165) is 13.2 Å². The molecule has 86 valence electrons. The third kappa shape index (κ3) is 2.90. The molecule has 1 amide bonds. The van der Waals surface area contributed by atoms with E-state index >= 15 is 0 Å². The van der Waals surface area contributed by atoms with Crippen molar-refractivity contribution in [1.29, 1.82) is 0 Å². The lowest BCUT2D eigenvalue weighted by molar-refractivity contribution is -0.131. The predicted octanol–water partition coefficient (Wildman–Crippen LogP) is -1.04. The van der Waals surface area contributed by atoms with Gasteiger partial charge in [-0.2, -0.15) is 0 Å². The molecule has 0 aliphatic carbocycles. The van der Waals surface area contributed by atoms with E-state index in [9.17, 15) is 9.90 Å². The normalized spacial score (nSPS) is 31.9. The largest absolute Gasteiger partial charge is 0.391 e. The van der Waals surface area contributed by atoms with Crippen molar-refractivity contribution in [2.45, 2.75) is 25.0 Å². The van der Waals surface area contributed by atoms with E-state index in [0.29, 0.717) is 32.5 Å². The molecular formula is C10H18N2O3. The first-order chi connectivity index (χ1) is 7.25. The van der Waals surface area contributed by atoms with Gasteiger partial charge in [-0.3, -0.25) is 4.79 Å². The van der Waals surface area contributed by atoms with Gasteiger partial charge in [-0.25, -0.2) is 0 Å². The number of aliphatic hydroxyl groups excluding tert-OH is 1. The molecule has 5 nitrogen and oxygen atoms in total. The van der Waals surface area contributed by atoms with E-state index in [1.165, 1.54) is 0 Å². The predicted molar refractivity (Wildman–Crippen MR) is 54.4 cm³/mol. The van der Waals surface area contributed by atoms with Crippen LogP contribution in [0.2, 0.25) is 0 Å². The fourth-order valence-corrected chi connectivity index (χ4v) is 2.06. The molecule has 2 aliphatic rings. The summed E-state index contributed by atoms with van der Waals surface area (Å²) in [6.45, 7) is 3.34. The van der Waals surface area contributed by atoms with Gasteiger partial charge >= 0.3 is 0 Å². The molecule has 2 N–H and O–H groups in total. The molecule has 2 fully saturated rings. The van der Waals surface area contributed by atoms with Gasteiger partial charge in [-0.15, -0.1) is 0 Å². The number of β-amino-alcohol motifs (C(OH)–C–C–N with tert-alkyl or cyclic N) is 1. The second kappa shape index (κ2) is 4.92. The Labute approximate surface area is 89.4 Å². The van der Waals surface area contributed by atoms with Gasteiger partial charge in [0.25, 0.3) is 0 Å². The average molecular weight is 214 g/mol. The van der Waals surface area contributed by atoms with Crippen LogP contribution in [0.3, 0.4) is 0 Å². The van der Waals surface area contributed by atoms with Crippen LogP contribution >= 0.6 is 0 Å². The van der Waals surface area contributed by atoms with E-state index in [2.05, 4.69) is 5.32 Å². The van der Waals surface area contributed by atoms with Gasteiger partial charge < -0.3 is 20.1 Å². The standard InChI is InChI=1S/C10H18N2O3/c13-9-1-3-12(6-9)10(14)5-8-7-15-4-2-11-8/h8-9,11,13H,1-7H2/t8?,9-/m1/s1. The van der Waals surface area contributed by atoms with E-state index in [1.54, 1.807) is 4.90 Å². The van der Waals surface area contributed by atoms with Crippen LogP contribution in [0.4, 0.5) is 0 Å². The van der Waals surface area contributed by atoms with Crippen molar-refractivity contribution in [2.75, 3.05) is 32.8 Å². The molecule has 0 radical (unpaired) electrons. The summed E-state index contributed by atoms with van der Waals surface area (Å²) < 4.78 is 5.28. The highest BCUT2D eigenvalue weighted by molar-refractivity contribution is 5.77. The zero-order valence-electron chi connectivity index (χ0n) is 8.82. The first kappa shape index (κ1) is 10.9. The Bertz CT molecular complexity index is 229. The van der Waals surface area contributed by atoms with Crippen molar-refractivity contribution in [1.82, 2.24) is 10.2 Å². The van der Waals surface area contributed by atoms with E-state index in [-0.39, 0.29) is 18.1 Å². The van der Waals surface area contributed by atoms with Crippen LogP contribution < -0.4 is 5.32 Å². The molecular weight excluding hydrogens is 196 g/mol. The lowest BCUT2D eigenvalue weighted by atomic mass is 10.2. The van der Waals surface area contributed by atoms with Gasteiger partial charge in [0.05, 0.1) is 19.3 Å². The average Bonchev–Trinajstić information content (AvgIpc) is 2.66. The minimum absolute atomic E-state index is 0.120. The van der Waals surface area contributed by atoms with Gasteiger partial charge in [0.2, 0.25) is 5.91 Å². The number of ether oxygens (including phenoxy) is 1. The second-order valence-corrected chi connectivity index (χ2v) is 4.21. The number of nitrogens with one attached hydrogen (secondary N) is 1. The number of likely N-dealkylation sites (tertiary alicyclic amines) is 1. The molecule has 0 aromatic carbocycles. The third-order valence-corrected chi connectivity index (χ3v) is 2.94. The van der Waals surface area contributed by atoms with Crippen molar-refractivity contribution in [3.8, 4) is 0 Å². The maximum atomic E-state index is 11.8. The number of morpholine rings is 1. The molecule has 2 aliphatic heterocycles. The minimum Gasteiger partial charge on any atom is -0.391 e. The van der Waals surface area contributed by atoms with Crippen molar-refractivity contribution < 1.29 is 14.6 Å². The lowest BCUT2D eigenvalue weighted by Crippen LogP contribution is -2.44. The van der Waals surface area contributed by atoms with E-state index in [1.807, 2.05) is 0 Å². The molecule has 0 aromatic heterocycles. The van der Waals surface area contributed by atoms with Gasteiger partial charge in [0.1, 0.15) is 0 Å². The van der Waals surface area contributed by atoms with Crippen LogP contribution in [0, 0.1) is 0 Å². The molecule has 2 heterocycles. The number of amides is 1. The topological polar surface area (TPSA) is 61.8 Å². The highest BCUT2D eigenvalue weighted by atomic mass is 16.5. The summed E-state index contributed by atoms with van der Waals surface area (Å²) in [4.78, 5) is 13.5. The highest BCUT2D eigenvalue weighted by Crippen LogP contribution is 2.11. The maximum absolute atomic E-state index is 11.8. The molecule has 2 saturated heterocycles. The van der Waals surface area contributed by atoms with Gasteiger partial charge in [0.15, 0.2) is 0 Å². The number of nitrogens with zero attached hydrogens (tertiary/aromatic N) is 1. The summed E-state index contributed by atoms with van der Waals surface area (Å²) in [6, 6.07) is 0.143. The van der Waals surface area contributed by atoms with Crippen LogP contribution in [-0.2, 0) is 9.53 Å². The number of carbonyl (C=O) groups is 1. The molecule has 5 heteroatoms. The summed E-state index contributed by atoms with van der Waals surface area (Å²) in [7, 11) is 0. The summed E-state index contributed by atoms with van der Waals surface area (Å²) in [5.74, 6) is 0.120. The Morgan fingerprint density at radius 2 is 2.47 bits per heavy atom. The zero-order chi connectivity index (χ0) is 10.7. The minimum atomic E-state index is -0.329. The van der Waals surface area contributed by atoms with Crippen LogP contribution in [0.25, 0.3) is 0 Å². The Balaban J connectivity index is 1.76. The Morgan fingerprint density at radius 1 is 1.60 bits per heavy atom. The van der Waals surface area contributed by atoms with Gasteiger partial charge in [0, 0.05) is 32.1 Å². The van der Waals surface area contributed by atoms with Crippen LogP contribution in [0.15, 0.2) is 0 Å². The van der Waals surface area contributed by atoms with Crippen LogP contribution in [0.5, 0.6) is 0 Å². The van der Waals surface area contributed by atoms with E-state index in [4.69, 9.17) is 4.74 Å². The molecule has 1 unspecified atom stereocenters. The molecule has 0 aromatic rings. The number of aliphatic hydroxyl groups is 1. The fourth-order valence-electron chi connectivity index (χ4n) is 2.06. The van der Waals surface area contributed by atoms with Crippen LogP contribution in [-0.4, -0.2) is 60.9 Å². The number of hydrogen-bond acceptors (Lipinski definition) is 4. The molecule has 2 atom stereocenters. The summed E-state index contributed by atoms with van der Waals surface area (Å²) >= 11 is 0. The summed E-state index contributed by atoms with van der Waals surface area (Å²) in [6.07, 6.45) is 0.858. The number of hydrogen-bond donors (Lipinski definition) is 2. The summed E-state index contributed by atoms with van der Waals surface area (Å²) in [5.41, 5.74) is 0. The van der Waals surface area contributed by atoms with Crippen molar-refractivity contribution in [2.24, 2.45) is 0 Å². The van der Waals surface area contributed by atoms with Crippen LogP contribution in [0.1, 0.15) is 12.8 Å². The SMILES string of the molecule is O=C(CC1COCCN1)N1CC[C@@H](O)C1. The van der Waals surface area contributed by atoms with Crippen molar-refractivity contribution in [3.05, 3.63) is 0 Å². The molecule has 0 spiro atoms. The second-order valence-electron chi connectivity index (χ2n) is 4.21. The van der Waals surface area contributed by atoms with Gasteiger partial charge in [-0.05, 0) is 6.42 Å².